The van der Waals surface area contributed by atoms with Crippen molar-refractivity contribution in [1.29, 1.82) is 0 Å². The molecule has 0 rings (SSSR count). The third kappa shape index (κ3) is 4.44. The number of carboxylic acids is 1. The average Bonchev–Trinajstić information content (AvgIpc) is 2.16. The maximum Gasteiger partial charge on any atom is 0.326 e. The SMILES string of the molecule is CNC(=O)CCC(C(=O)O)N(C)C(C)=O. The smallest absolute Gasteiger partial charge is 0.326 e. The molecule has 0 bridgehead atoms. The van der Waals surface area contributed by atoms with E-state index in [1.54, 1.807) is 0 Å². The predicted molar refractivity (Wildman–Crippen MR) is 53.2 cm³/mol. The Hall–Kier alpha value is -1.59. The zero-order chi connectivity index (χ0) is 12.0. The van der Waals surface area contributed by atoms with Crippen molar-refractivity contribution in [3.8, 4) is 0 Å². The number of nitrogens with one attached hydrogen (secondary N) is 1. The Balaban J connectivity index is 4.35. The first-order valence-electron chi connectivity index (χ1n) is 4.57. The summed E-state index contributed by atoms with van der Waals surface area (Å²) in [5.74, 6) is -1.67. The van der Waals surface area contributed by atoms with Gasteiger partial charge in [0.1, 0.15) is 6.04 Å². The van der Waals surface area contributed by atoms with Crippen LogP contribution in [0.15, 0.2) is 0 Å². The number of carbonyl (C=O) groups excluding carboxylic acids is 2. The molecule has 0 saturated carbocycles. The van der Waals surface area contributed by atoms with E-state index in [4.69, 9.17) is 5.11 Å². The summed E-state index contributed by atoms with van der Waals surface area (Å²) in [5, 5.41) is 11.2. The Bertz CT molecular complexity index is 265. The van der Waals surface area contributed by atoms with Crippen LogP contribution in [0.5, 0.6) is 0 Å². The fraction of sp³-hybridized carbons (Fsp3) is 0.667. The molecular weight excluding hydrogens is 200 g/mol. The third-order valence-electron chi connectivity index (χ3n) is 2.17. The molecule has 6 nitrogen and oxygen atoms in total. The summed E-state index contributed by atoms with van der Waals surface area (Å²) >= 11 is 0. The van der Waals surface area contributed by atoms with Crippen LogP contribution >= 0.6 is 0 Å². The maximum atomic E-state index is 11.0. The van der Waals surface area contributed by atoms with Gasteiger partial charge < -0.3 is 15.3 Å². The minimum absolute atomic E-state index is 0.0884. The van der Waals surface area contributed by atoms with Crippen LogP contribution < -0.4 is 5.32 Å². The van der Waals surface area contributed by atoms with Crippen LogP contribution in [0.1, 0.15) is 19.8 Å². The summed E-state index contributed by atoms with van der Waals surface area (Å²) in [6, 6.07) is -0.945. The van der Waals surface area contributed by atoms with E-state index in [1.165, 1.54) is 21.0 Å². The highest BCUT2D eigenvalue weighted by Gasteiger charge is 2.24. The highest BCUT2D eigenvalue weighted by molar-refractivity contribution is 5.83. The first-order valence-corrected chi connectivity index (χ1v) is 4.57. The van der Waals surface area contributed by atoms with Crippen molar-refractivity contribution in [2.24, 2.45) is 0 Å². The maximum absolute atomic E-state index is 11.0. The lowest BCUT2D eigenvalue weighted by molar-refractivity contribution is -0.148. The standard InChI is InChI=1S/C9H16N2O4/c1-6(12)11(3)7(9(14)15)4-5-8(13)10-2/h7H,4-5H2,1-3H3,(H,10,13)(H,14,15). The van der Waals surface area contributed by atoms with Crippen molar-refractivity contribution in [3.05, 3.63) is 0 Å². The van der Waals surface area contributed by atoms with E-state index in [1.807, 2.05) is 0 Å². The van der Waals surface area contributed by atoms with Crippen LogP contribution in [-0.4, -0.2) is 47.9 Å². The van der Waals surface area contributed by atoms with Crippen molar-refractivity contribution in [3.63, 3.8) is 0 Å². The summed E-state index contributed by atoms with van der Waals surface area (Å²) in [6.45, 7) is 1.29. The monoisotopic (exact) mass is 216 g/mol. The molecule has 0 aliphatic carbocycles. The fourth-order valence-corrected chi connectivity index (χ4v) is 1.10. The second-order valence-corrected chi connectivity index (χ2v) is 3.20. The van der Waals surface area contributed by atoms with Gasteiger partial charge >= 0.3 is 5.97 Å². The Labute approximate surface area is 88.2 Å². The van der Waals surface area contributed by atoms with E-state index < -0.39 is 12.0 Å². The molecule has 0 spiro atoms. The third-order valence-corrected chi connectivity index (χ3v) is 2.17. The molecule has 0 heterocycles. The van der Waals surface area contributed by atoms with E-state index in [2.05, 4.69) is 5.32 Å². The number of aliphatic carboxylic acids is 1. The van der Waals surface area contributed by atoms with Crippen molar-refractivity contribution in [2.45, 2.75) is 25.8 Å². The van der Waals surface area contributed by atoms with E-state index in [0.717, 1.165) is 4.90 Å². The van der Waals surface area contributed by atoms with E-state index in [-0.39, 0.29) is 24.7 Å². The normalized spacial score (nSPS) is 11.7. The number of nitrogens with zero attached hydrogens (tertiary/aromatic N) is 1. The van der Waals surface area contributed by atoms with Crippen molar-refractivity contribution >= 4 is 17.8 Å². The van der Waals surface area contributed by atoms with Crippen molar-refractivity contribution in [1.82, 2.24) is 10.2 Å². The number of rotatable bonds is 5. The second kappa shape index (κ2) is 6.00. The number of hydrogen-bond acceptors (Lipinski definition) is 3. The van der Waals surface area contributed by atoms with Gasteiger partial charge in [-0.3, -0.25) is 9.59 Å². The minimum Gasteiger partial charge on any atom is -0.480 e. The van der Waals surface area contributed by atoms with E-state index in [9.17, 15) is 14.4 Å². The quantitative estimate of drug-likeness (QED) is 0.645. The molecule has 0 aromatic heterocycles. The van der Waals surface area contributed by atoms with Crippen LogP contribution in [0.2, 0.25) is 0 Å². The van der Waals surface area contributed by atoms with Gasteiger partial charge in [-0.1, -0.05) is 0 Å². The molecule has 6 heteroatoms. The second-order valence-electron chi connectivity index (χ2n) is 3.20. The number of amides is 2. The zero-order valence-electron chi connectivity index (χ0n) is 9.11. The van der Waals surface area contributed by atoms with Crippen LogP contribution in [0, 0.1) is 0 Å². The predicted octanol–water partition coefficient (Wildman–Crippen LogP) is -0.556. The number of carboxylic acid groups (broad SMARTS) is 1. The molecule has 0 aromatic carbocycles. The molecule has 0 aliphatic heterocycles. The highest BCUT2D eigenvalue weighted by atomic mass is 16.4. The van der Waals surface area contributed by atoms with Crippen LogP contribution in [0.25, 0.3) is 0 Å². The molecule has 2 N–H and O–H groups in total. The lowest BCUT2D eigenvalue weighted by Crippen LogP contribution is -2.41. The lowest BCUT2D eigenvalue weighted by Gasteiger charge is -2.23. The van der Waals surface area contributed by atoms with Gasteiger partial charge in [0.05, 0.1) is 0 Å². The Morgan fingerprint density at radius 2 is 1.93 bits per heavy atom. The van der Waals surface area contributed by atoms with Gasteiger partial charge in [0.15, 0.2) is 0 Å². The van der Waals surface area contributed by atoms with E-state index in [0.29, 0.717) is 0 Å². The fourth-order valence-electron chi connectivity index (χ4n) is 1.10. The highest BCUT2D eigenvalue weighted by Crippen LogP contribution is 2.06. The molecule has 86 valence electrons. The largest absolute Gasteiger partial charge is 0.480 e. The van der Waals surface area contributed by atoms with Gasteiger partial charge in [-0.05, 0) is 6.42 Å². The molecule has 1 atom stereocenters. The summed E-state index contributed by atoms with van der Waals surface area (Å²) in [4.78, 5) is 33.8. The first kappa shape index (κ1) is 13.4. The summed E-state index contributed by atoms with van der Waals surface area (Å²) in [5.41, 5.74) is 0. The van der Waals surface area contributed by atoms with Crippen molar-refractivity contribution in [2.75, 3.05) is 14.1 Å². The Morgan fingerprint density at radius 3 is 2.27 bits per heavy atom. The summed E-state index contributed by atoms with van der Waals surface area (Å²) in [6.07, 6.45) is 0.205. The minimum atomic E-state index is -1.10. The lowest BCUT2D eigenvalue weighted by atomic mass is 10.1. The van der Waals surface area contributed by atoms with Crippen molar-refractivity contribution < 1.29 is 19.5 Å². The molecular formula is C9H16N2O4. The van der Waals surface area contributed by atoms with Crippen LogP contribution in [-0.2, 0) is 14.4 Å². The van der Waals surface area contributed by atoms with Gasteiger partial charge in [0.2, 0.25) is 11.8 Å². The molecule has 0 radical (unpaired) electrons. The van der Waals surface area contributed by atoms with E-state index >= 15 is 0 Å². The molecule has 0 aromatic rings. The molecule has 1 unspecified atom stereocenters. The van der Waals surface area contributed by atoms with Gasteiger partial charge in [-0.2, -0.15) is 0 Å². The molecule has 0 saturated heterocycles. The molecule has 0 aliphatic rings. The topological polar surface area (TPSA) is 86.7 Å². The van der Waals surface area contributed by atoms with Gasteiger partial charge in [-0.15, -0.1) is 0 Å². The number of likely N-dealkylation sites (N-methyl/N-ethyl adjacent to an activating group) is 1. The van der Waals surface area contributed by atoms with Gasteiger partial charge in [0, 0.05) is 27.4 Å². The van der Waals surface area contributed by atoms with Crippen LogP contribution in [0.3, 0.4) is 0 Å². The Morgan fingerprint density at radius 1 is 1.40 bits per heavy atom. The molecule has 15 heavy (non-hydrogen) atoms. The van der Waals surface area contributed by atoms with Gasteiger partial charge in [-0.25, -0.2) is 4.79 Å². The number of carbonyl (C=O) groups is 3. The Kier molecular flexibility index (Phi) is 5.36. The zero-order valence-corrected chi connectivity index (χ0v) is 9.11. The summed E-state index contributed by atoms with van der Waals surface area (Å²) in [7, 11) is 2.89. The summed E-state index contributed by atoms with van der Waals surface area (Å²) < 4.78 is 0. The number of hydrogen-bond donors (Lipinski definition) is 2. The first-order chi connectivity index (χ1) is 6.90. The molecule has 0 fully saturated rings. The van der Waals surface area contributed by atoms with Gasteiger partial charge in [0.25, 0.3) is 0 Å². The molecule has 2 amide bonds. The average molecular weight is 216 g/mol. The van der Waals surface area contributed by atoms with Crippen LogP contribution in [0.4, 0.5) is 0 Å².